The maximum atomic E-state index is 14.0. The minimum absolute atomic E-state index is 0.0726. The summed E-state index contributed by atoms with van der Waals surface area (Å²) in [6, 6.07) is 21.1. The molecule has 1 aliphatic carbocycles. The van der Waals surface area contributed by atoms with E-state index in [9.17, 15) is 19.2 Å². The van der Waals surface area contributed by atoms with Crippen molar-refractivity contribution >= 4 is 35.2 Å². The van der Waals surface area contributed by atoms with Crippen molar-refractivity contribution in [2.45, 2.75) is 117 Å². The van der Waals surface area contributed by atoms with Gasteiger partial charge in [-0.1, -0.05) is 42.5 Å². The first-order valence-corrected chi connectivity index (χ1v) is 20.9. The average Bonchev–Trinajstić information content (AvgIpc) is 3.20. The molecule has 0 bridgehead atoms. The normalized spacial score (nSPS) is 18.6. The summed E-state index contributed by atoms with van der Waals surface area (Å²) >= 11 is 0. The van der Waals surface area contributed by atoms with Gasteiger partial charge in [0, 0.05) is 68.1 Å². The van der Waals surface area contributed by atoms with Gasteiger partial charge < -0.3 is 30.9 Å². The summed E-state index contributed by atoms with van der Waals surface area (Å²) in [5, 5.41) is 12.3. The smallest absolute Gasteiger partial charge is 0.407 e. The maximum Gasteiger partial charge on any atom is 0.407 e. The number of nitrogens with one attached hydrogen (secondary N) is 4. The molecule has 0 unspecified atom stereocenters. The molecule has 3 aromatic rings. The van der Waals surface area contributed by atoms with Crippen LogP contribution < -0.4 is 21.3 Å². The van der Waals surface area contributed by atoms with Crippen molar-refractivity contribution in [1.29, 1.82) is 0 Å². The van der Waals surface area contributed by atoms with E-state index in [4.69, 9.17) is 4.74 Å². The van der Waals surface area contributed by atoms with Gasteiger partial charge in [-0.3, -0.25) is 19.4 Å². The first kappa shape index (κ1) is 44.1. The number of carbonyl (C=O) groups is 4. The zero-order chi connectivity index (χ0) is 42.0. The van der Waals surface area contributed by atoms with Gasteiger partial charge in [-0.05, 0) is 145 Å². The molecule has 58 heavy (non-hydrogen) atoms. The second kappa shape index (κ2) is 20.1. The Morgan fingerprint density at radius 3 is 2.21 bits per heavy atom. The molecule has 11 nitrogen and oxygen atoms in total. The van der Waals surface area contributed by atoms with Crippen molar-refractivity contribution in [3.8, 4) is 11.1 Å². The van der Waals surface area contributed by atoms with Gasteiger partial charge in [-0.2, -0.15) is 0 Å². The van der Waals surface area contributed by atoms with Crippen LogP contribution in [0.4, 0.5) is 10.5 Å². The molecule has 1 saturated carbocycles. The van der Waals surface area contributed by atoms with E-state index < -0.39 is 17.7 Å². The first-order valence-electron chi connectivity index (χ1n) is 20.9. The van der Waals surface area contributed by atoms with Crippen LogP contribution in [0.2, 0.25) is 0 Å². The maximum absolute atomic E-state index is 14.0. The zero-order valence-electron chi connectivity index (χ0n) is 35.7. The van der Waals surface area contributed by atoms with Crippen molar-refractivity contribution < 1.29 is 23.9 Å². The van der Waals surface area contributed by atoms with E-state index in [-0.39, 0.29) is 42.0 Å². The number of aryl methyl sites for hydroxylation is 1. The lowest BCUT2D eigenvalue weighted by atomic mass is 9.81. The molecule has 2 fully saturated rings. The Balaban J connectivity index is 1.28. The number of aliphatic imine (C=N–C) groups is 1. The third kappa shape index (κ3) is 12.7. The molecular formula is C47H64N6O5. The quantitative estimate of drug-likeness (QED) is 0.131. The molecule has 1 aliphatic heterocycles. The highest BCUT2D eigenvalue weighted by Crippen LogP contribution is 2.30. The van der Waals surface area contributed by atoms with Crippen LogP contribution in [0.1, 0.15) is 107 Å². The van der Waals surface area contributed by atoms with Gasteiger partial charge in [0.25, 0.3) is 5.91 Å². The molecule has 0 aromatic heterocycles. The van der Waals surface area contributed by atoms with Crippen molar-refractivity contribution in [3.63, 3.8) is 0 Å². The Morgan fingerprint density at radius 1 is 0.879 bits per heavy atom. The highest BCUT2D eigenvalue weighted by Gasteiger charge is 2.31. The van der Waals surface area contributed by atoms with Crippen molar-refractivity contribution in [2.75, 3.05) is 32.0 Å². The lowest BCUT2D eigenvalue weighted by Gasteiger charge is -2.34. The van der Waals surface area contributed by atoms with Crippen LogP contribution in [-0.2, 0) is 20.7 Å². The second-order valence-corrected chi connectivity index (χ2v) is 17.3. The fourth-order valence-corrected chi connectivity index (χ4v) is 7.82. The summed E-state index contributed by atoms with van der Waals surface area (Å²) in [6.45, 7) is 16.3. The van der Waals surface area contributed by atoms with E-state index in [0.717, 1.165) is 72.3 Å². The Hall–Kier alpha value is -5.03. The number of rotatable bonds is 13. The lowest BCUT2D eigenvalue weighted by Crippen LogP contribution is -2.48. The number of alkyl carbamates (subject to hydrolysis) is 1. The van der Waals surface area contributed by atoms with Gasteiger partial charge in [0.15, 0.2) is 0 Å². The minimum Gasteiger partial charge on any atom is -0.444 e. The molecule has 5 rings (SSSR count). The molecule has 11 heteroatoms. The van der Waals surface area contributed by atoms with Crippen LogP contribution in [0.15, 0.2) is 71.7 Å². The number of hydrogen-bond donors (Lipinski definition) is 4. The van der Waals surface area contributed by atoms with Gasteiger partial charge in [0.1, 0.15) is 11.6 Å². The summed E-state index contributed by atoms with van der Waals surface area (Å²) in [4.78, 5) is 60.2. The van der Waals surface area contributed by atoms with Crippen LogP contribution in [0.5, 0.6) is 0 Å². The Morgan fingerprint density at radius 2 is 1.57 bits per heavy atom. The fraction of sp³-hybridized carbons (Fsp3) is 0.511. The molecule has 1 heterocycles. The van der Waals surface area contributed by atoms with Gasteiger partial charge in [-0.15, -0.1) is 0 Å². The van der Waals surface area contributed by atoms with Crippen molar-refractivity contribution in [2.24, 2.45) is 16.8 Å². The number of nitrogens with zero attached hydrogens (tertiary/aromatic N) is 2. The predicted molar refractivity (Wildman–Crippen MR) is 232 cm³/mol. The van der Waals surface area contributed by atoms with Crippen LogP contribution in [0.25, 0.3) is 11.1 Å². The molecule has 3 aromatic carbocycles. The van der Waals surface area contributed by atoms with Crippen LogP contribution in [-0.4, -0.2) is 84.8 Å². The highest BCUT2D eigenvalue weighted by molar-refractivity contribution is 6.00. The summed E-state index contributed by atoms with van der Waals surface area (Å²) < 4.78 is 5.38. The third-order valence-electron chi connectivity index (χ3n) is 11.5. The molecule has 312 valence electrons. The van der Waals surface area contributed by atoms with Gasteiger partial charge in [0.2, 0.25) is 11.8 Å². The topological polar surface area (TPSA) is 141 Å². The highest BCUT2D eigenvalue weighted by atomic mass is 16.6. The van der Waals surface area contributed by atoms with E-state index in [1.54, 1.807) is 7.05 Å². The van der Waals surface area contributed by atoms with Crippen LogP contribution in [0.3, 0.4) is 0 Å². The molecule has 1 saturated heterocycles. The SMILES string of the molecule is CN=C(C)c1ccc(NC(=O)[C@H](Cc2ccc(C)c(-c3cccc(C(=O)NC4CCN(C(C)C)CC4)c3)c2)NC(=O)C2CCC(CNC(=O)OC(C)(C)C)CC2)cc1. The van der Waals surface area contributed by atoms with E-state index >= 15 is 0 Å². The lowest BCUT2D eigenvalue weighted by molar-refractivity contribution is -0.130. The Labute approximate surface area is 345 Å². The summed E-state index contributed by atoms with van der Waals surface area (Å²) in [7, 11) is 1.74. The average molecular weight is 793 g/mol. The van der Waals surface area contributed by atoms with Crippen molar-refractivity contribution in [1.82, 2.24) is 20.9 Å². The summed E-state index contributed by atoms with van der Waals surface area (Å²) in [5.41, 5.74) is 6.32. The monoisotopic (exact) mass is 792 g/mol. The van der Waals surface area contributed by atoms with E-state index in [1.165, 1.54) is 0 Å². The largest absolute Gasteiger partial charge is 0.444 e. The molecule has 2 aliphatic rings. The molecule has 1 atom stereocenters. The van der Waals surface area contributed by atoms with Gasteiger partial charge in [0.05, 0.1) is 0 Å². The molecule has 4 N–H and O–H groups in total. The summed E-state index contributed by atoms with van der Waals surface area (Å²) in [6.07, 6.45) is 4.60. The minimum atomic E-state index is -0.840. The number of benzene rings is 3. The number of ether oxygens (including phenoxy) is 1. The van der Waals surface area contributed by atoms with Crippen molar-refractivity contribution in [3.05, 3.63) is 89.0 Å². The Kier molecular flexibility index (Phi) is 15.3. The summed E-state index contributed by atoms with van der Waals surface area (Å²) in [5.74, 6) is -0.522. The van der Waals surface area contributed by atoms with Crippen LogP contribution >= 0.6 is 0 Å². The Bertz CT molecular complexity index is 1920. The van der Waals surface area contributed by atoms with Crippen LogP contribution in [0, 0.1) is 18.8 Å². The van der Waals surface area contributed by atoms with Gasteiger partial charge in [-0.25, -0.2) is 4.79 Å². The first-order chi connectivity index (χ1) is 27.6. The number of piperidine rings is 1. The molecule has 0 spiro atoms. The number of likely N-dealkylation sites (tertiary alicyclic amines) is 1. The second-order valence-electron chi connectivity index (χ2n) is 17.3. The molecule has 4 amide bonds. The number of hydrogen-bond acceptors (Lipinski definition) is 7. The van der Waals surface area contributed by atoms with E-state index in [0.29, 0.717) is 36.7 Å². The third-order valence-corrected chi connectivity index (χ3v) is 11.5. The zero-order valence-corrected chi connectivity index (χ0v) is 35.7. The van der Waals surface area contributed by atoms with E-state index in [1.807, 2.05) is 95.3 Å². The molecule has 0 radical (unpaired) electrons. The van der Waals surface area contributed by atoms with Gasteiger partial charge >= 0.3 is 6.09 Å². The van der Waals surface area contributed by atoms with E-state index in [2.05, 4.69) is 51.1 Å². The standard InChI is InChI=1S/C47H64N6O5/c1-30(2)53-24-22-40(23-25-53)50-44(55)38-11-9-10-37(28-38)41-26-34(13-12-31(41)3)27-42(45(56)51-39-20-18-35(19-21-39)32(4)48-8)52-43(54)36-16-14-33(15-17-36)29-49-46(57)58-47(5,6)7/h9-13,18-21,26,28,30,33,36,40,42H,14-17,22-25,27,29H2,1-8H3,(H,49,57)(H,50,55)(H,51,56)(H,52,54)/t33?,36?,42-/m0/s1. The number of anilines is 1. The fourth-order valence-electron chi connectivity index (χ4n) is 7.82. The number of amides is 4. The molecular weight excluding hydrogens is 729 g/mol. The predicted octanol–water partition coefficient (Wildman–Crippen LogP) is 7.70. The number of carbonyl (C=O) groups excluding carboxylic acids is 4.